The van der Waals surface area contributed by atoms with Crippen LogP contribution >= 0.6 is 27.5 Å². The third kappa shape index (κ3) is 3.03. The first kappa shape index (κ1) is 15.8. The molecule has 108 valence electrons. The molecule has 0 spiro atoms. The van der Waals surface area contributed by atoms with Gasteiger partial charge in [0.1, 0.15) is 0 Å². The Kier molecular flexibility index (Phi) is 4.49. The van der Waals surface area contributed by atoms with Crippen LogP contribution in [0, 0.1) is 22.2 Å². The molecule has 0 bridgehead atoms. The molecule has 1 atom stereocenters. The zero-order valence-electron chi connectivity index (χ0n) is 11.8. The fourth-order valence-electron chi connectivity index (χ4n) is 2.84. The van der Waals surface area contributed by atoms with Gasteiger partial charge in [-0.05, 0) is 54.9 Å². The lowest BCUT2D eigenvalue weighted by atomic mass is 9.62. The summed E-state index contributed by atoms with van der Waals surface area (Å²) < 4.78 is 0.800. The first-order valence-corrected chi connectivity index (χ1v) is 8.01. The number of rotatable bonds is 2. The molecule has 1 unspecified atom stereocenters. The normalized spacial score (nSPS) is 22.0. The van der Waals surface area contributed by atoms with E-state index in [0.717, 1.165) is 30.2 Å². The van der Waals surface area contributed by atoms with Crippen molar-refractivity contribution >= 4 is 27.5 Å². The molecule has 1 aliphatic rings. The van der Waals surface area contributed by atoms with Crippen molar-refractivity contribution in [2.75, 3.05) is 0 Å². The number of aliphatic hydroxyl groups excluding tert-OH is 1. The Balaban J connectivity index is 2.33. The van der Waals surface area contributed by atoms with Crippen LogP contribution in [0.2, 0.25) is 5.02 Å². The maximum Gasteiger partial charge on any atom is 0.0987 e. The lowest BCUT2D eigenvalue weighted by Crippen LogP contribution is -2.35. The van der Waals surface area contributed by atoms with E-state index < -0.39 is 11.5 Å². The van der Waals surface area contributed by atoms with Crippen molar-refractivity contribution in [3.63, 3.8) is 0 Å². The number of hydrogen-bond acceptors (Lipinski definition) is 2. The van der Waals surface area contributed by atoms with Gasteiger partial charge in [-0.25, -0.2) is 0 Å². The third-order valence-corrected chi connectivity index (χ3v) is 5.45. The van der Waals surface area contributed by atoms with Crippen molar-refractivity contribution in [3.8, 4) is 6.07 Å². The van der Waals surface area contributed by atoms with Crippen LogP contribution in [0.1, 0.15) is 51.2 Å². The third-order valence-electron chi connectivity index (χ3n) is 4.49. The molecule has 0 saturated heterocycles. The van der Waals surface area contributed by atoms with E-state index in [4.69, 9.17) is 11.6 Å². The Bertz CT molecular complexity index is 540. The summed E-state index contributed by atoms with van der Waals surface area (Å²) >= 11 is 9.46. The zero-order chi connectivity index (χ0) is 15.0. The summed E-state index contributed by atoms with van der Waals surface area (Å²) in [7, 11) is 0. The fraction of sp³-hybridized carbons (Fsp3) is 0.562. The van der Waals surface area contributed by atoms with E-state index in [2.05, 4.69) is 35.8 Å². The summed E-state index contributed by atoms with van der Waals surface area (Å²) in [4.78, 5) is 0. The fourth-order valence-corrected chi connectivity index (χ4v) is 3.49. The summed E-state index contributed by atoms with van der Waals surface area (Å²) in [6, 6.07) is 7.72. The highest BCUT2D eigenvalue weighted by Crippen LogP contribution is 2.51. The van der Waals surface area contributed by atoms with Crippen LogP contribution in [-0.4, -0.2) is 5.11 Å². The molecule has 0 amide bonds. The molecule has 1 fully saturated rings. The van der Waals surface area contributed by atoms with E-state index in [1.807, 2.05) is 6.07 Å². The second-order valence-electron chi connectivity index (χ2n) is 6.50. The van der Waals surface area contributed by atoms with Gasteiger partial charge in [0.05, 0.1) is 17.6 Å². The molecule has 1 aliphatic carbocycles. The number of aliphatic hydroxyl groups is 1. The van der Waals surface area contributed by atoms with Crippen LogP contribution in [0.4, 0.5) is 0 Å². The quantitative estimate of drug-likeness (QED) is 0.787. The molecule has 1 aromatic rings. The number of benzene rings is 1. The molecule has 0 heterocycles. The number of hydrogen-bond donors (Lipinski definition) is 1. The molecule has 1 saturated carbocycles. The molecule has 1 N–H and O–H groups in total. The van der Waals surface area contributed by atoms with E-state index >= 15 is 0 Å². The predicted octanol–water partition coefficient (Wildman–Crippen LogP) is 5.25. The van der Waals surface area contributed by atoms with E-state index in [0.29, 0.717) is 10.6 Å². The standard InChI is InChI=1S/C16H19BrClNO/c1-15(2)5-7-16(10-19,8-6-15)14(20)12-9-11(18)3-4-13(12)17/h3-4,9,14,20H,5-8H2,1-2H3. The van der Waals surface area contributed by atoms with E-state index in [1.165, 1.54) is 0 Å². The number of halogens is 2. The highest BCUT2D eigenvalue weighted by Gasteiger charge is 2.44. The Morgan fingerprint density at radius 2 is 1.90 bits per heavy atom. The first-order valence-electron chi connectivity index (χ1n) is 6.84. The second kappa shape index (κ2) is 5.67. The van der Waals surface area contributed by atoms with Crippen molar-refractivity contribution in [3.05, 3.63) is 33.3 Å². The zero-order valence-corrected chi connectivity index (χ0v) is 14.1. The number of nitriles is 1. The van der Waals surface area contributed by atoms with Gasteiger partial charge in [0.25, 0.3) is 0 Å². The topological polar surface area (TPSA) is 44.0 Å². The SMILES string of the molecule is CC1(C)CCC(C#N)(C(O)c2cc(Cl)ccc2Br)CC1. The highest BCUT2D eigenvalue weighted by molar-refractivity contribution is 9.10. The van der Waals surface area contributed by atoms with Gasteiger partial charge < -0.3 is 5.11 Å². The van der Waals surface area contributed by atoms with Crippen LogP contribution in [0.25, 0.3) is 0 Å². The molecular weight excluding hydrogens is 338 g/mol. The Labute approximate surface area is 133 Å². The average Bonchev–Trinajstić information content (AvgIpc) is 2.41. The van der Waals surface area contributed by atoms with Crippen molar-refractivity contribution in [1.29, 1.82) is 5.26 Å². The number of nitrogens with zero attached hydrogens (tertiary/aromatic N) is 1. The van der Waals surface area contributed by atoms with Crippen LogP contribution < -0.4 is 0 Å². The maximum absolute atomic E-state index is 10.8. The van der Waals surface area contributed by atoms with Gasteiger partial charge in [0.15, 0.2) is 0 Å². The molecular formula is C16H19BrClNO. The van der Waals surface area contributed by atoms with Crippen molar-refractivity contribution < 1.29 is 5.11 Å². The predicted molar refractivity (Wildman–Crippen MR) is 84.4 cm³/mol. The Morgan fingerprint density at radius 3 is 2.45 bits per heavy atom. The van der Waals surface area contributed by atoms with E-state index in [1.54, 1.807) is 12.1 Å². The molecule has 20 heavy (non-hydrogen) atoms. The molecule has 1 aromatic carbocycles. The van der Waals surface area contributed by atoms with Crippen molar-refractivity contribution in [2.45, 2.75) is 45.6 Å². The van der Waals surface area contributed by atoms with Gasteiger partial charge in [0.2, 0.25) is 0 Å². The van der Waals surface area contributed by atoms with Crippen LogP contribution in [0.15, 0.2) is 22.7 Å². The lowest BCUT2D eigenvalue weighted by molar-refractivity contribution is 0.00914. The second-order valence-corrected chi connectivity index (χ2v) is 7.79. The summed E-state index contributed by atoms with van der Waals surface area (Å²) in [6.45, 7) is 4.44. The van der Waals surface area contributed by atoms with Gasteiger partial charge in [0, 0.05) is 9.50 Å². The largest absolute Gasteiger partial charge is 0.387 e. The first-order chi connectivity index (χ1) is 9.30. The highest BCUT2D eigenvalue weighted by atomic mass is 79.9. The van der Waals surface area contributed by atoms with Crippen molar-refractivity contribution in [2.24, 2.45) is 10.8 Å². The van der Waals surface area contributed by atoms with Crippen molar-refractivity contribution in [1.82, 2.24) is 0 Å². The minimum atomic E-state index is -0.809. The summed E-state index contributed by atoms with van der Waals surface area (Å²) in [5.41, 5.74) is 0.257. The monoisotopic (exact) mass is 355 g/mol. The van der Waals surface area contributed by atoms with Gasteiger partial charge in [-0.1, -0.05) is 41.4 Å². The molecule has 2 nitrogen and oxygen atoms in total. The van der Waals surface area contributed by atoms with Gasteiger partial charge in [-0.3, -0.25) is 0 Å². The molecule has 0 aromatic heterocycles. The molecule has 2 rings (SSSR count). The average molecular weight is 357 g/mol. The van der Waals surface area contributed by atoms with Gasteiger partial charge in [-0.15, -0.1) is 0 Å². The maximum atomic E-state index is 10.8. The summed E-state index contributed by atoms with van der Waals surface area (Å²) in [5.74, 6) is 0. The summed E-state index contributed by atoms with van der Waals surface area (Å²) in [5, 5.41) is 21.0. The molecule has 4 heteroatoms. The minimum Gasteiger partial charge on any atom is -0.387 e. The Morgan fingerprint density at radius 1 is 1.30 bits per heavy atom. The lowest BCUT2D eigenvalue weighted by Gasteiger charge is -2.42. The van der Waals surface area contributed by atoms with Gasteiger partial charge in [-0.2, -0.15) is 5.26 Å². The molecule has 0 radical (unpaired) electrons. The minimum absolute atomic E-state index is 0.256. The summed E-state index contributed by atoms with van der Waals surface area (Å²) in [6.07, 6.45) is 2.54. The Hall–Kier alpha value is -0.560. The molecule has 0 aliphatic heterocycles. The van der Waals surface area contributed by atoms with Crippen LogP contribution in [0.5, 0.6) is 0 Å². The van der Waals surface area contributed by atoms with Crippen LogP contribution in [-0.2, 0) is 0 Å². The van der Waals surface area contributed by atoms with E-state index in [9.17, 15) is 10.4 Å². The smallest absolute Gasteiger partial charge is 0.0987 e. The van der Waals surface area contributed by atoms with E-state index in [-0.39, 0.29) is 5.41 Å². The van der Waals surface area contributed by atoms with Gasteiger partial charge >= 0.3 is 0 Å². The van der Waals surface area contributed by atoms with Crippen LogP contribution in [0.3, 0.4) is 0 Å².